The molecular weight excluding hydrogens is 347 g/mol. The fourth-order valence-corrected chi connectivity index (χ4v) is 3.67. The lowest BCUT2D eigenvalue weighted by Gasteiger charge is -2.24. The van der Waals surface area contributed by atoms with Crippen LogP contribution in [0.4, 0.5) is 4.39 Å². The topological polar surface area (TPSA) is 75.0 Å². The number of likely N-dealkylation sites (tertiary alicyclic amines) is 1. The molecule has 0 spiro atoms. The quantitative estimate of drug-likeness (QED) is 0.761. The van der Waals surface area contributed by atoms with Crippen molar-refractivity contribution in [1.82, 2.24) is 20.3 Å². The Morgan fingerprint density at radius 3 is 2.93 bits per heavy atom. The zero-order valence-corrected chi connectivity index (χ0v) is 15.3. The van der Waals surface area contributed by atoms with Crippen molar-refractivity contribution >= 4 is 5.91 Å². The number of aromatic nitrogens is 3. The lowest BCUT2D eigenvalue weighted by Crippen LogP contribution is -2.32. The molecule has 1 aromatic carbocycles. The molecule has 1 atom stereocenters. The summed E-state index contributed by atoms with van der Waals surface area (Å²) in [6.07, 6.45) is 3.47. The molecule has 4 rings (SSSR count). The van der Waals surface area contributed by atoms with Gasteiger partial charge >= 0.3 is 0 Å². The van der Waals surface area contributed by atoms with E-state index in [9.17, 15) is 9.18 Å². The van der Waals surface area contributed by atoms with E-state index < -0.39 is 0 Å². The number of carbonyl (C=O) groups is 1. The highest BCUT2D eigenvalue weighted by Crippen LogP contribution is 2.38. The molecular formula is C20H21FN4O2. The summed E-state index contributed by atoms with van der Waals surface area (Å²) in [6, 6.07) is 6.27. The van der Waals surface area contributed by atoms with Crippen LogP contribution in [-0.4, -0.2) is 32.7 Å². The van der Waals surface area contributed by atoms with Crippen LogP contribution in [0.25, 0.3) is 11.3 Å². The highest BCUT2D eigenvalue weighted by molar-refractivity contribution is 5.80. The van der Waals surface area contributed by atoms with E-state index in [1.807, 2.05) is 18.7 Å². The third kappa shape index (κ3) is 3.13. The lowest BCUT2D eigenvalue weighted by molar-refractivity contribution is -0.131. The van der Waals surface area contributed by atoms with Crippen LogP contribution < -0.4 is 0 Å². The molecule has 3 aromatic rings. The minimum absolute atomic E-state index is 0.0487. The molecule has 1 amide bonds. The van der Waals surface area contributed by atoms with Crippen LogP contribution in [-0.2, 0) is 11.2 Å². The maximum atomic E-state index is 13.9. The molecule has 1 saturated heterocycles. The molecule has 27 heavy (non-hydrogen) atoms. The number of nitrogens with zero attached hydrogens (tertiary/aromatic N) is 3. The molecule has 1 aliphatic rings. The van der Waals surface area contributed by atoms with Gasteiger partial charge in [-0.1, -0.05) is 23.4 Å². The zero-order chi connectivity index (χ0) is 19.0. The molecule has 1 N–H and O–H groups in total. The van der Waals surface area contributed by atoms with Gasteiger partial charge in [-0.05, 0) is 38.3 Å². The number of amides is 1. The molecule has 0 radical (unpaired) electrons. The zero-order valence-electron chi connectivity index (χ0n) is 15.3. The third-order valence-electron chi connectivity index (χ3n) is 5.28. The van der Waals surface area contributed by atoms with Crippen LogP contribution in [0.15, 0.2) is 35.0 Å². The average molecular weight is 368 g/mol. The summed E-state index contributed by atoms with van der Waals surface area (Å²) in [5, 5.41) is 11.2. The average Bonchev–Trinajstić information content (AvgIpc) is 3.37. The molecule has 140 valence electrons. The Bertz CT molecular complexity index is 978. The minimum atomic E-state index is -0.350. The van der Waals surface area contributed by atoms with Gasteiger partial charge in [0.05, 0.1) is 35.6 Å². The number of hydrogen-bond donors (Lipinski definition) is 1. The Kier molecular flexibility index (Phi) is 4.51. The first-order valence-corrected chi connectivity index (χ1v) is 9.05. The smallest absolute Gasteiger partial charge is 0.227 e. The first-order chi connectivity index (χ1) is 13.1. The van der Waals surface area contributed by atoms with Crippen molar-refractivity contribution in [2.75, 3.05) is 6.54 Å². The van der Waals surface area contributed by atoms with Gasteiger partial charge < -0.3 is 9.42 Å². The van der Waals surface area contributed by atoms with Gasteiger partial charge in [-0.15, -0.1) is 0 Å². The van der Waals surface area contributed by atoms with Crippen molar-refractivity contribution in [2.24, 2.45) is 0 Å². The molecule has 1 aliphatic heterocycles. The molecule has 2 aromatic heterocycles. The second-order valence-electron chi connectivity index (χ2n) is 6.93. The minimum Gasteiger partial charge on any atom is -0.356 e. The molecule has 1 fully saturated rings. The summed E-state index contributed by atoms with van der Waals surface area (Å²) >= 11 is 0. The standard InChI is InChI=1S/C20H21FN4O2/c1-12-13(2)24-27-20(12)15-11-22-23-19(15)17-8-5-9-25(17)18(26)10-14-6-3-4-7-16(14)21/h3-4,6-7,11,17H,5,8-10H2,1-2H3,(H,22,23). The summed E-state index contributed by atoms with van der Waals surface area (Å²) in [7, 11) is 0. The van der Waals surface area contributed by atoms with E-state index in [1.165, 1.54) is 6.07 Å². The van der Waals surface area contributed by atoms with Crippen molar-refractivity contribution in [3.05, 3.63) is 58.8 Å². The maximum Gasteiger partial charge on any atom is 0.227 e. The van der Waals surface area contributed by atoms with Gasteiger partial charge in [0, 0.05) is 12.1 Å². The largest absolute Gasteiger partial charge is 0.356 e. The van der Waals surface area contributed by atoms with Crippen molar-refractivity contribution < 1.29 is 13.7 Å². The number of hydrogen-bond acceptors (Lipinski definition) is 4. The van der Waals surface area contributed by atoms with Gasteiger partial charge in [0.1, 0.15) is 5.82 Å². The van der Waals surface area contributed by atoms with Gasteiger partial charge in [-0.3, -0.25) is 9.89 Å². The summed E-state index contributed by atoms with van der Waals surface area (Å²) in [5.74, 6) is 0.231. The number of carbonyl (C=O) groups excluding carboxylic acids is 1. The first kappa shape index (κ1) is 17.5. The second kappa shape index (κ2) is 6.98. The molecule has 0 bridgehead atoms. The summed E-state index contributed by atoms with van der Waals surface area (Å²) in [5.41, 5.74) is 3.87. The molecule has 7 heteroatoms. The molecule has 1 unspecified atom stereocenters. The summed E-state index contributed by atoms with van der Waals surface area (Å²) in [4.78, 5) is 14.7. The van der Waals surface area contributed by atoms with E-state index in [1.54, 1.807) is 24.4 Å². The normalized spacial score (nSPS) is 16.9. The number of benzene rings is 1. The Hall–Kier alpha value is -2.96. The first-order valence-electron chi connectivity index (χ1n) is 9.05. The predicted octanol–water partition coefficient (Wildman–Crippen LogP) is 3.73. The van der Waals surface area contributed by atoms with Gasteiger partial charge in [0.25, 0.3) is 0 Å². The van der Waals surface area contributed by atoms with Crippen LogP contribution >= 0.6 is 0 Å². The second-order valence-corrected chi connectivity index (χ2v) is 6.93. The Labute approximate surface area is 156 Å². The van der Waals surface area contributed by atoms with Gasteiger partial charge in [0.15, 0.2) is 5.76 Å². The number of rotatable bonds is 4. The maximum absolute atomic E-state index is 13.9. The van der Waals surface area contributed by atoms with Crippen molar-refractivity contribution in [2.45, 2.75) is 39.2 Å². The molecule has 3 heterocycles. The SMILES string of the molecule is Cc1noc(-c2cn[nH]c2C2CCCN2C(=O)Cc2ccccc2F)c1C. The third-order valence-corrected chi connectivity index (χ3v) is 5.28. The fraction of sp³-hybridized carbons (Fsp3) is 0.350. The van der Waals surface area contributed by atoms with E-state index in [4.69, 9.17) is 4.52 Å². The number of H-pyrrole nitrogens is 1. The van der Waals surface area contributed by atoms with Gasteiger partial charge in [0.2, 0.25) is 5.91 Å². The lowest BCUT2D eigenvalue weighted by atomic mass is 10.0. The molecule has 6 nitrogen and oxygen atoms in total. The highest BCUT2D eigenvalue weighted by Gasteiger charge is 2.34. The van der Waals surface area contributed by atoms with E-state index in [0.29, 0.717) is 17.9 Å². The Balaban J connectivity index is 1.61. The number of aryl methyl sites for hydroxylation is 1. The number of aromatic amines is 1. The Morgan fingerprint density at radius 1 is 1.37 bits per heavy atom. The number of halogens is 1. The Morgan fingerprint density at radius 2 is 2.19 bits per heavy atom. The van der Waals surface area contributed by atoms with Crippen molar-refractivity contribution in [3.8, 4) is 11.3 Å². The van der Waals surface area contributed by atoms with Gasteiger partial charge in [-0.25, -0.2) is 4.39 Å². The van der Waals surface area contributed by atoms with Crippen LogP contribution in [0.3, 0.4) is 0 Å². The van der Waals surface area contributed by atoms with Crippen LogP contribution in [0.1, 0.15) is 41.4 Å². The fourth-order valence-electron chi connectivity index (χ4n) is 3.67. The van der Waals surface area contributed by atoms with E-state index in [-0.39, 0.29) is 24.2 Å². The molecule has 0 aliphatic carbocycles. The van der Waals surface area contributed by atoms with Crippen molar-refractivity contribution in [3.63, 3.8) is 0 Å². The number of nitrogens with one attached hydrogen (secondary N) is 1. The van der Waals surface area contributed by atoms with E-state index in [2.05, 4.69) is 15.4 Å². The van der Waals surface area contributed by atoms with Crippen LogP contribution in [0.2, 0.25) is 0 Å². The highest BCUT2D eigenvalue weighted by atomic mass is 19.1. The van der Waals surface area contributed by atoms with Crippen LogP contribution in [0, 0.1) is 19.7 Å². The van der Waals surface area contributed by atoms with E-state index in [0.717, 1.165) is 35.4 Å². The van der Waals surface area contributed by atoms with Crippen molar-refractivity contribution in [1.29, 1.82) is 0 Å². The van der Waals surface area contributed by atoms with Crippen LogP contribution in [0.5, 0.6) is 0 Å². The summed E-state index contributed by atoms with van der Waals surface area (Å²) < 4.78 is 19.4. The predicted molar refractivity (Wildman–Crippen MR) is 97.4 cm³/mol. The summed E-state index contributed by atoms with van der Waals surface area (Å²) in [6.45, 7) is 4.49. The van der Waals surface area contributed by atoms with E-state index >= 15 is 0 Å². The molecule has 0 saturated carbocycles. The monoisotopic (exact) mass is 368 g/mol. The van der Waals surface area contributed by atoms with Gasteiger partial charge in [-0.2, -0.15) is 5.10 Å².